The molecule has 0 unspecified atom stereocenters. The Morgan fingerprint density at radius 2 is 1.02 bits per heavy atom. The lowest BCUT2D eigenvalue weighted by atomic mass is 9.94. The second-order valence-corrected chi connectivity index (χ2v) is 15.8. The number of carbonyl (C=O) groups is 6. The third-order valence-electron chi connectivity index (χ3n) is 10.5. The van der Waals surface area contributed by atoms with Crippen molar-refractivity contribution < 1.29 is 95.5 Å². The van der Waals surface area contributed by atoms with E-state index in [-0.39, 0.29) is 19.8 Å². The molecule has 3 saturated heterocycles. The van der Waals surface area contributed by atoms with Gasteiger partial charge in [0.1, 0.15) is 36.6 Å². The van der Waals surface area contributed by atoms with Crippen molar-refractivity contribution in [3.05, 3.63) is 71.8 Å². The summed E-state index contributed by atoms with van der Waals surface area (Å²) in [5, 5.41) is 13.7. The van der Waals surface area contributed by atoms with Gasteiger partial charge < -0.3 is 72.0 Å². The molecular weight excluding hydrogens is 874 g/mol. The van der Waals surface area contributed by atoms with Crippen LogP contribution in [0.2, 0.25) is 0 Å². The molecule has 15 atom stereocenters. The molecule has 66 heavy (non-hydrogen) atoms. The van der Waals surface area contributed by atoms with Gasteiger partial charge in [0.05, 0.1) is 32.5 Å². The molecule has 1 amide bonds. The van der Waals surface area contributed by atoms with Crippen molar-refractivity contribution >= 4 is 35.8 Å². The molecule has 0 aliphatic carbocycles. The molecule has 5 rings (SSSR count). The number of methoxy groups -OCH3 is 1. The van der Waals surface area contributed by atoms with E-state index >= 15 is 0 Å². The van der Waals surface area contributed by atoms with E-state index in [2.05, 4.69) is 5.32 Å². The van der Waals surface area contributed by atoms with Crippen LogP contribution in [0.5, 0.6) is 0 Å². The van der Waals surface area contributed by atoms with Crippen molar-refractivity contribution in [2.75, 3.05) is 20.3 Å². The number of hydrogen-bond donors (Lipinski definition) is 2. The number of benzene rings is 2. The maximum atomic E-state index is 12.9. The molecule has 21 nitrogen and oxygen atoms in total. The first-order chi connectivity index (χ1) is 31.5. The molecule has 0 spiro atoms. The van der Waals surface area contributed by atoms with Crippen molar-refractivity contribution in [1.82, 2.24) is 5.32 Å². The van der Waals surface area contributed by atoms with E-state index in [1.165, 1.54) is 21.0 Å². The van der Waals surface area contributed by atoms with Gasteiger partial charge in [0.15, 0.2) is 49.4 Å². The predicted octanol–water partition coefficient (Wildman–Crippen LogP) is 1.56. The number of esters is 5. The highest BCUT2D eigenvalue weighted by Crippen LogP contribution is 2.37. The van der Waals surface area contributed by atoms with E-state index in [1.807, 2.05) is 36.4 Å². The van der Waals surface area contributed by atoms with Crippen molar-refractivity contribution in [3.63, 3.8) is 0 Å². The van der Waals surface area contributed by atoms with Crippen molar-refractivity contribution in [2.24, 2.45) is 0 Å². The van der Waals surface area contributed by atoms with E-state index in [0.29, 0.717) is 5.56 Å². The topological polar surface area (TPSA) is 255 Å². The Labute approximate surface area is 381 Å². The molecular formula is C45H59NO20. The number of hydrogen-bond acceptors (Lipinski definition) is 20. The Hall–Kier alpha value is -5.10. The molecule has 0 bridgehead atoms. The summed E-state index contributed by atoms with van der Waals surface area (Å²) < 4.78 is 78.9. The van der Waals surface area contributed by atoms with Gasteiger partial charge in [-0.1, -0.05) is 60.7 Å². The third-order valence-corrected chi connectivity index (χ3v) is 10.5. The first-order valence-electron chi connectivity index (χ1n) is 21.3. The number of rotatable bonds is 19. The molecule has 0 radical (unpaired) electrons. The molecule has 21 heteroatoms. The summed E-state index contributed by atoms with van der Waals surface area (Å²) in [4.78, 5) is 76.1. The Morgan fingerprint density at radius 3 is 1.55 bits per heavy atom. The average molecular weight is 934 g/mol. The van der Waals surface area contributed by atoms with Crippen LogP contribution in [0.1, 0.15) is 59.6 Å². The molecule has 3 fully saturated rings. The highest BCUT2D eigenvalue weighted by Gasteiger charge is 2.58. The molecule has 364 valence electrons. The van der Waals surface area contributed by atoms with Gasteiger partial charge in [-0.2, -0.15) is 0 Å². The quantitative estimate of drug-likeness (QED) is 0.150. The van der Waals surface area contributed by atoms with E-state index in [9.17, 15) is 33.9 Å². The lowest BCUT2D eigenvalue weighted by Gasteiger charge is -2.51. The van der Waals surface area contributed by atoms with E-state index in [1.54, 1.807) is 31.2 Å². The molecule has 0 saturated carbocycles. The first kappa shape index (κ1) is 51.9. The maximum Gasteiger partial charge on any atom is 0.303 e. The summed E-state index contributed by atoms with van der Waals surface area (Å²) >= 11 is 0. The molecule has 0 aromatic heterocycles. The fraction of sp³-hybridized carbons (Fsp3) is 0.600. The number of aliphatic hydroxyl groups excluding tert-OH is 1. The summed E-state index contributed by atoms with van der Waals surface area (Å²) in [6.07, 6.45) is -19.8. The van der Waals surface area contributed by atoms with E-state index in [0.717, 1.165) is 33.3 Å². The predicted molar refractivity (Wildman–Crippen MR) is 222 cm³/mol. The van der Waals surface area contributed by atoms with Gasteiger partial charge in [0, 0.05) is 48.7 Å². The summed E-state index contributed by atoms with van der Waals surface area (Å²) in [7, 11) is 1.29. The number of ether oxygens (including phenoxy) is 13. The molecule has 2 N–H and O–H groups in total. The lowest BCUT2D eigenvalue weighted by molar-refractivity contribution is -0.375. The Bertz CT molecular complexity index is 1920. The van der Waals surface area contributed by atoms with E-state index < -0.39 is 134 Å². The molecule has 2 aromatic carbocycles. The molecule has 2 aromatic rings. The largest absolute Gasteiger partial charge is 0.456 e. The van der Waals surface area contributed by atoms with Crippen LogP contribution in [0.3, 0.4) is 0 Å². The molecule has 3 heterocycles. The van der Waals surface area contributed by atoms with Crippen LogP contribution in [0, 0.1) is 0 Å². The first-order valence-corrected chi connectivity index (χ1v) is 21.3. The van der Waals surface area contributed by atoms with Crippen molar-refractivity contribution in [2.45, 2.75) is 154 Å². The third kappa shape index (κ3) is 14.2. The Balaban J connectivity index is 1.60. The Kier molecular flexibility index (Phi) is 19.3. The average Bonchev–Trinajstić information content (AvgIpc) is 3.25. The minimum absolute atomic E-state index is 0.0782. The summed E-state index contributed by atoms with van der Waals surface area (Å²) in [5.74, 6) is -4.54. The van der Waals surface area contributed by atoms with Gasteiger partial charge in [0.2, 0.25) is 5.91 Å². The SMILES string of the molecule is CO[C@H]1O[C@H](CO)[C@@H](O[C@@H]2O[C@H](COCc3ccccc3)[C@H](OC(C)=O)[C@H](OC(C)=O)[C@H]2OC(C)=O)[C@H](O[C@@H]2O[C@@H](C)[C@@H](OC(C)=O)[C@@H](OC(C)=O)[C@@H]2OCc2ccccc2)[C@H]1NC(C)=O. The van der Waals surface area contributed by atoms with Crippen LogP contribution in [0.15, 0.2) is 60.7 Å². The van der Waals surface area contributed by atoms with Gasteiger partial charge in [0.25, 0.3) is 0 Å². The molecule has 3 aliphatic heterocycles. The minimum Gasteiger partial charge on any atom is -0.456 e. The highest BCUT2D eigenvalue weighted by atomic mass is 16.8. The lowest BCUT2D eigenvalue weighted by Crippen LogP contribution is -2.70. The van der Waals surface area contributed by atoms with Gasteiger partial charge in [-0.05, 0) is 18.1 Å². The van der Waals surface area contributed by atoms with Crippen LogP contribution in [0.25, 0.3) is 0 Å². The summed E-state index contributed by atoms with van der Waals surface area (Å²) in [6, 6.07) is 16.8. The van der Waals surface area contributed by atoms with Gasteiger partial charge in [-0.25, -0.2) is 0 Å². The van der Waals surface area contributed by atoms with Crippen LogP contribution >= 0.6 is 0 Å². The second kappa shape index (κ2) is 24.6. The smallest absolute Gasteiger partial charge is 0.303 e. The summed E-state index contributed by atoms with van der Waals surface area (Å²) in [5.41, 5.74) is 1.49. The number of aliphatic hydroxyl groups is 1. The molecule has 3 aliphatic rings. The standard InChI is InChI=1S/C45H59NO20/c1-23-35(58-25(3)49)39(60-27(5)51)41(56-21-31-17-13-10-14-18-31)44(57-23)66-38-34(46-24(2)48)43(54-8)63-32(19-47)36(38)65-45-42(62-29(7)53)40(61-28(6)52)37(59-26(4)50)33(64-45)22-55-20-30-15-11-9-12-16-30/h9-18,23,32-45,47H,19-22H2,1-8H3,(H,46,48)/t23-,32+,33+,34+,35+,36+,37-,38+,39+,40-,41-,42+,43-,44-,45-/m0/s1. The fourth-order valence-corrected chi connectivity index (χ4v) is 7.95. The van der Waals surface area contributed by atoms with Crippen LogP contribution in [-0.2, 0) is 104 Å². The van der Waals surface area contributed by atoms with Crippen LogP contribution in [-0.4, -0.2) is 153 Å². The van der Waals surface area contributed by atoms with E-state index in [4.69, 9.17) is 61.6 Å². The number of carbonyl (C=O) groups excluding carboxylic acids is 6. The highest BCUT2D eigenvalue weighted by molar-refractivity contribution is 5.73. The Morgan fingerprint density at radius 1 is 0.545 bits per heavy atom. The van der Waals surface area contributed by atoms with Gasteiger partial charge in [-0.3, -0.25) is 28.8 Å². The maximum absolute atomic E-state index is 12.9. The number of nitrogens with one attached hydrogen (secondary N) is 1. The van der Waals surface area contributed by atoms with Crippen LogP contribution in [0.4, 0.5) is 0 Å². The minimum atomic E-state index is -1.74. The van der Waals surface area contributed by atoms with Gasteiger partial charge in [-0.15, -0.1) is 0 Å². The van der Waals surface area contributed by atoms with Crippen molar-refractivity contribution in [1.29, 1.82) is 0 Å². The monoisotopic (exact) mass is 933 g/mol. The zero-order valence-electron chi connectivity index (χ0n) is 38.0. The zero-order chi connectivity index (χ0) is 48.1. The fourth-order valence-electron chi connectivity index (χ4n) is 7.95. The second-order valence-electron chi connectivity index (χ2n) is 15.8. The van der Waals surface area contributed by atoms with Gasteiger partial charge >= 0.3 is 29.8 Å². The summed E-state index contributed by atoms with van der Waals surface area (Å²) in [6.45, 7) is 7.39. The number of amides is 1. The zero-order valence-corrected chi connectivity index (χ0v) is 38.0. The normalized spacial score (nSPS) is 32.0. The van der Waals surface area contributed by atoms with Crippen LogP contribution < -0.4 is 5.32 Å². The van der Waals surface area contributed by atoms with Crippen molar-refractivity contribution in [3.8, 4) is 0 Å².